The van der Waals surface area contributed by atoms with Crippen LogP contribution < -0.4 is 10.5 Å². The lowest BCUT2D eigenvalue weighted by Gasteiger charge is -2.11. The predicted octanol–water partition coefficient (Wildman–Crippen LogP) is 3.06. The van der Waals surface area contributed by atoms with Crippen molar-refractivity contribution >= 4 is 60.4 Å². The molecule has 0 saturated carbocycles. The van der Waals surface area contributed by atoms with Crippen LogP contribution in [0.1, 0.15) is 5.56 Å². The molecule has 0 unspecified atom stereocenters. The average Bonchev–Trinajstić information content (AvgIpc) is 2.87. The van der Waals surface area contributed by atoms with Gasteiger partial charge in [-0.05, 0) is 30.3 Å². The van der Waals surface area contributed by atoms with Gasteiger partial charge in [0, 0.05) is 10.0 Å². The molecular weight excluding hydrogens is 402 g/mol. The molecule has 0 radical (unpaired) electrons. The monoisotopic (exact) mass is 409 g/mol. The molecule has 21 heavy (non-hydrogen) atoms. The number of benzene rings is 1. The topological polar surface area (TPSA) is 105 Å². The van der Waals surface area contributed by atoms with Crippen LogP contribution in [0, 0.1) is 0 Å². The molecule has 10 heteroatoms. The van der Waals surface area contributed by atoms with Gasteiger partial charge in [-0.2, -0.15) is 0 Å². The summed E-state index contributed by atoms with van der Waals surface area (Å²) in [4.78, 5) is 0. The van der Waals surface area contributed by atoms with Crippen molar-refractivity contribution in [3.05, 3.63) is 44.7 Å². The van der Waals surface area contributed by atoms with Gasteiger partial charge in [0.25, 0.3) is 10.0 Å². The first-order chi connectivity index (χ1) is 9.83. The van der Waals surface area contributed by atoms with Crippen LogP contribution in [0.3, 0.4) is 0 Å². The summed E-state index contributed by atoms with van der Waals surface area (Å²) >= 11 is 9.91. The Morgan fingerprint density at radius 3 is 2.67 bits per heavy atom. The van der Waals surface area contributed by atoms with Gasteiger partial charge in [-0.15, -0.1) is 11.3 Å². The van der Waals surface area contributed by atoms with Crippen LogP contribution in [0.15, 0.2) is 44.2 Å². The van der Waals surface area contributed by atoms with Crippen molar-refractivity contribution in [1.29, 1.82) is 0 Å². The summed E-state index contributed by atoms with van der Waals surface area (Å²) in [7, 11) is -3.79. The van der Waals surface area contributed by atoms with Gasteiger partial charge in [0.05, 0.1) is 10.0 Å². The third kappa shape index (κ3) is 3.67. The molecule has 0 saturated heterocycles. The van der Waals surface area contributed by atoms with E-state index in [2.05, 4.69) is 25.8 Å². The lowest BCUT2D eigenvalue weighted by molar-refractivity contribution is 0.318. The molecule has 0 bridgehead atoms. The smallest absolute Gasteiger partial charge is 0.271 e. The van der Waals surface area contributed by atoms with Crippen LogP contribution in [0.2, 0.25) is 4.34 Å². The van der Waals surface area contributed by atoms with E-state index >= 15 is 0 Å². The summed E-state index contributed by atoms with van der Waals surface area (Å²) in [5.41, 5.74) is 5.99. The zero-order valence-corrected chi connectivity index (χ0v) is 14.2. The molecule has 0 spiro atoms. The number of amidine groups is 1. The van der Waals surface area contributed by atoms with E-state index in [4.69, 9.17) is 22.5 Å². The summed E-state index contributed by atoms with van der Waals surface area (Å²) in [6, 6.07) is 7.57. The SMILES string of the molecule is N/C(=N/O)c1cc(Br)ccc1NS(=O)(=O)c1ccc(Cl)s1. The Morgan fingerprint density at radius 1 is 1.38 bits per heavy atom. The molecule has 0 aliphatic carbocycles. The lowest BCUT2D eigenvalue weighted by Crippen LogP contribution is -2.19. The van der Waals surface area contributed by atoms with E-state index < -0.39 is 10.0 Å². The second kappa shape index (κ2) is 6.22. The minimum Gasteiger partial charge on any atom is -0.409 e. The molecule has 0 aliphatic rings. The maximum atomic E-state index is 12.2. The Balaban J connectivity index is 2.44. The summed E-state index contributed by atoms with van der Waals surface area (Å²) in [6.45, 7) is 0. The fourth-order valence-electron chi connectivity index (χ4n) is 1.51. The van der Waals surface area contributed by atoms with Crippen molar-refractivity contribution in [3.8, 4) is 0 Å². The van der Waals surface area contributed by atoms with Crippen LogP contribution >= 0.6 is 38.9 Å². The zero-order valence-electron chi connectivity index (χ0n) is 10.2. The van der Waals surface area contributed by atoms with Crippen molar-refractivity contribution in [1.82, 2.24) is 0 Å². The third-order valence-electron chi connectivity index (χ3n) is 2.42. The molecule has 1 aromatic heterocycles. The first-order valence-corrected chi connectivity index (χ1v) is 8.86. The highest BCUT2D eigenvalue weighted by Crippen LogP contribution is 2.29. The Labute approximate surface area is 138 Å². The molecule has 1 heterocycles. The molecule has 0 atom stereocenters. The van der Waals surface area contributed by atoms with E-state index in [0.717, 1.165) is 11.3 Å². The van der Waals surface area contributed by atoms with Gasteiger partial charge < -0.3 is 10.9 Å². The van der Waals surface area contributed by atoms with E-state index in [1.54, 1.807) is 6.07 Å². The fourth-order valence-corrected chi connectivity index (χ4v) is 4.43. The average molecular weight is 411 g/mol. The highest BCUT2D eigenvalue weighted by Gasteiger charge is 2.19. The zero-order chi connectivity index (χ0) is 15.6. The Bertz CT molecular complexity index is 805. The highest BCUT2D eigenvalue weighted by atomic mass is 79.9. The quantitative estimate of drug-likeness (QED) is 0.312. The number of halogens is 2. The van der Waals surface area contributed by atoms with Crippen molar-refractivity contribution in [2.24, 2.45) is 10.9 Å². The van der Waals surface area contributed by atoms with Crippen LogP contribution in [0.5, 0.6) is 0 Å². The summed E-state index contributed by atoms with van der Waals surface area (Å²) < 4.78 is 28.0. The van der Waals surface area contributed by atoms with Crippen LogP contribution in [-0.4, -0.2) is 19.5 Å². The molecule has 6 nitrogen and oxygen atoms in total. The van der Waals surface area contributed by atoms with Crippen molar-refractivity contribution in [2.75, 3.05) is 4.72 Å². The maximum Gasteiger partial charge on any atom is 0.271 e. The number of oxime groups is 1. The van der Waals surface area contributed by atoms with Gasteiger partial charge in [0.1, 0.15) is 4.21 Å². The molecule has 112 valence electrons. The Morgan fingerprint density at radius 2 is 2.10 bits per heavy atom. The van der Waals surface area contributed by atoms with Crippen LogP contribution in [0.25, 0.3) is 0 Å². The van der Waals surface area contributed by atoms with E-state index in [0.29, 0.717) is 8.81 Å². The number of sulfonamides is 1. The highest BCUT2D eigenvalue weighted by molar-refractivity contribution is 9.10. The predicted molar refractivity (Wildman–Crippen MR) is 86.8 cm³/mol. The van der Waals surface area contributed by atoms with Gasteiger partial charge in [0.2, 0.25) is 0 Å². The third-order valence-corrected chi connectivity index (χ3v) is 6.00. The van der Waals surface area contributed by atoms with Gasteiger partial charge in [-0.1, -0.05) is 32.7 Å². The fraction of sp³-hybridized carbons (Fsp3) is 0. The Hall–Kier alpha value is -1.29. The second-order valence-electron chi connectivity index (χ2n) is 3.84. The van der Waals surface area contributed by atoms with Gasteiger partial charge >= 0.3 is 0 Å². The second-order valence-corrected chi connectivity index (χ2v) is 8.38. The standard InChI is InChI=1S/C11H9BrClN3O3S2/c12-6-1-2-8(7(5-6)11(14)15-17)16-21(18,19)10-4-3-9(13)20-10/h1-5,16-17H,(H2,14,15). The molecule has 0 aliphatic heterocycles. The number of anilines is 1. The molecular formula is C11H9BrClN3O3S2. The molecule has 2 aromatic rings. The summed E-state index contributed by atoms with van der Waals surface area (Å²) in [6.07, 6.45) is 0. The molecule has 1 aromatic carbocycles. The number of thiophene rings is 1. The first-order valence-electron chi connectivity index (χ1n) is 5.39. The van der Waals surface area contributed by atoms with E-state index in [-0.39, 0.29) is 21.3 Å². The number of rotatable bonds is 4. The maximum absolute atomic E-state index is 12.2. The molecule has 4 N–H and O–H groups in total. The number of hydrogen-bond acceptors (Lipinski definition) is 5. The molecule has 2 rings (SSSR count). The number of nitrogens with one attached hydrogen (secondary N) is 1. The van der Waals surface area contributed by atoms with E-state index in [1.807, 2.05) is 0 Å². The lowest BCUT2D eigenvalue weighted by atomic mass is 10.2. The normalized spacial score (nSPS) is 12.4. The van der Waals surface area contributed by atoms with Gasteiger partial charge in [-0.3, -0.25) is 4.72 Å². The van der Waals surface area contributed by atoms with Crippen molar-refractivity contribution in [3.63, 3.8) is 0 Å². The van der Waals surface area contributed by atoms with E-state index in [1.165, 1.54) is 24.3 Å². The van der Waals surface area contributed by atoms with Crippen LogP contribution in [-0.2, 0) is 10.0 Å². The largest absolute Gasteiger partial charge is 0.409 e. The van der Waals surface area contributed by atoms with Gasteiger partial charge in [-0.25, -0.2) is 8.42 Å². The molecule has 0 amide bonds. The van der Waals surface area contributed by atoms with Gasteiger partial charge in [0.15, 0.2) is 5.84 Å². The Kier molecular flexibility index (Phi) is 4.77. The van der Waals surface area contributed by atoms with Crippen molar-refractivity contribution < 1.29 is 13.6 Å². The minimum atomic E-state index is -3.79. The summed E-state index contributed by atoms with van der Waals surface area (Å²) in [5, 5.41) is 11.7. The number of nitrogens with two attached hydrogens (primary N) is 1. The van der Waals surface area contributed by atoms with Crippen LogP contribution in [0.4, 0.5) is 5.69 Å². The molecule has 0 fully saturated rings. The number of hydrogen-bond donors (Lipinski definition) is 3. The van der Waals surface area contributed by atoms with E-state index in [9.17, 15) is 8.42 Å². The van der Waals surface area contributed by atoms with Crippen molar-refractivity contribution in [2.45, 2.75) is 4.21 Å². The minimum absolute atomic E-state index is 0.0703. The first kappa shape index (κ1) is 16.1. The summed E-state index contributed by atoms with van der Waals surface area (Å²) in [5.74, 6) is -0.210. The number of nitrogens with zero attached hydrogens (tertiary/aromatic N) is 1.